The second-order valence-electron chi connectivity index (χ2n) is 5.70. The fraction of sp³-hybridized carbons (Fsp3) is 0.529. The van der Waals surface area contributed by atoms with Crippen LogP contribution in [-0.4, -0.2) is 40.1 Å². The van der Waals surface area contributed by atoms with Crippen molar-refractivity contribution in [1.29, 1.82) is 0 Å². The number of carbonyl (C=O) groups is 1. The zero-order valence-electron chi connectivity index (χ0n) is 12.7. The first-order chi connectivity index (χ1) is 10.1. The van der Waals surface area contributed by atoms with E-state index in [1.54, 1.807) is 18.3 Å². The van der Waals surface area contributed by atoms with Gasteiger partial charge < -0.3 is 10.0 Å². The zero-order valence-corrected chi connectivity index (χ0v) is 12.7. The minimum absolute atomic E-state index is 0.00762. The molecule has 0 aliphatic heterocycles. The van der Waals surface area contributed by atoms with E-state index < -0.39 is 0 Å². The van der Waals surface area contributed by atoms with Crippen LogP contribution in [-0.2, 0) is 0 Å². The Morgan fingerprint density at radius 3 is 2.76 bits per heavy atom. The summed E-state index contributed by atoms with van der Waals surface area (Å²) in [7, 11) is 0. The summed E-state index contributed by atoms with van der Waals surface area (Å²) >= 11 is 0. The molecule has 1 aromatic heterocycles. The van der Waals surface area contributed by atoms with Crippen molar-refractivity contribution in [3.05, 3.63) is 29.6 Å². The van der Waals surface area contributed by atoms with Crippen molar-refractivity contribution in [2.45, 2.75) is 39.2 Å². The quantitative estimate of drug-likeness (QED) is 0.843. The molecule has 4 heteroatoms. The Morgan fingerprint density at radius 2 is 2.24 bits per heavy atom. The standard InChI is InChI=1S/C17H22N2O2/c1-13(2)19(12-15-6-7-15)17(21)16-9-8-14(11-18-16)5-3-4-10-20/h8-9,11,13,15,20H,4,6-7,10,12H2,1-2H3. The molecule has 0 bridgehead atoms. The van der Waals surface area contributed by atoms with Gasteiger partial charge in [0.25, 0.3) is 5.91 Å². The number of amides is 1. The molecule has 0 saturated heterocycles. The lowest BCUT2D eigenvalue weighted by molar-refractivity contribution is 0.0690. The molecule has 0 radical (unpaired) electrons. The molecule has 1 heterocycles. The summed E-state index contributed by atoms with van der Waals surface area (Å²) in [6, 6.07) is 3.72. The van der Waals surface area contributed by atoms with Crippen molar-refractivity contribution in [3.8, 4) is 11.8 Å². The largest absolute Gasteiger partial charge is 0.395 e. The van der Waals surface area contributed by atoms with Crippen molar-refractivity contribution in [2.24, 2.45) is 5.92 Å². The van der Waals surface area contributed by atoms with Crippen LogP contribution in [0.25, 0.3) is 0 Å². The van der Waals surface area contributed by atoms with E-state index in [1.807, 2.05) is 18.7 Å². The van der Waals surface area contributed by atoms with Crippen LogP contribution < -0.4 is 0 Å². The number of aromatic nitrogens is 1. The van der Waals surface area contributed by atoms with E-state index in [1.165, 1.54) is 12.8 Å². The number of aliphatic hydroxyl groups excluding tert-OH is 1. The van der Waals surface area contributed by atoms with Crippen LogP contribution >= 0.6 is 0 Å². The number of aliphatic hydroxyl groups is 1. The Hall–Kier alpha value is -1.86. The van der Waals surface area contributed by atoms with E-state index in [0.29, 0.717) is 18.0 Å². The summed E-state index contributed by atoms with van der Waals surface area (Å²) in [5.74, 6) is 6.41. The average molecular weight is 286 g/mol. The van der Waals surface area contributed by atoms with E-state index in [4.69, 9.17) is 5.11 Å². The molecule has 1 aliphatic carbocycles. The Bertz CT molecular complexity index is 536. The number of pyridine rings is 1. The maximum atomic E-state index is 12.5. The lowest BCUT2D eigenvalue weighted by atomic mass is 10.2. The third-order valence-corrected chi connectivity index (χ3v) is 3.49. The molecule has 1 aromatic rings. The number of rotatable bonds is 5. The molecular weight excluding hydrogens is 264 g/mol. The van der Waals surface area contributed by atoms with Gasteiger partial charge in [-0.1, -0.05) is 11.8 Å². The van der Waals surface area contributed by atoms with Crippen LogP contribution in [0.1, 0.15) is 49.2 Å². The highest BCUT2D eigenvalue weighted by Crippen LogP contribution is 2.30. The Balaban J connectivity index is 2.05. The summed E-state index contributed by atoms with van der Waals surface area (Å²) in [5.41, 5.74) is 1.23. The minimum atomic E-state index is -0.00762. The number of nitrogens with zero attached hydrogens (tertiary/aromatic N) is 2. The molecule has 2 rings (SSSR count). The third-order valence-electron chi connectivity index (χ3n) is 3.49. The molecular formula is C17H22N2O2. The summed E-state index contributed by atoms with van der Waals surface area (Å²) in [6.45, 7) is 4.96. The van der Waals surface area contributed by atoms with Gasteiger partial charge in [-0.25, -0.2) is 4.98 Å². The van der Waals surface area contributed by atoms with Gasteiger partial charge in [-0.2, -0.15) is 0 Å². The van der Waals surface area contributed by atoms with Gasteiger partial charge in [0, 0.05) is 30.8 Å². The maximum Gasteiger partial charge on any atom is 0.272 e. The molecule has 1 N–H and O–H groups in total. The van der Waals surface area contributed by atoms with Gasteiger partial charge in [0.1, 0.15) is 5.69 Å². The SMILES string of the molecule is CC(C)N(CC1CC1)C(=O)c1ccc(C#CCCO)cn1. The van der Waals surface area contributed by atoms with Crippen LogP contribution in [0.5, 0.6) is 0 Å². The normalized spacial score (nSPS) is 13.7. The van der Waals surface area contributed by atoms with Crippen molar-refractivity contribution in [1.82, 2.24) is 9.88 Å². The summed E-state index contributed by atoms with van der Waals surface area (Å²) in [6.07, 6.45) is 4.52. The smallest absolute Gasteiger partial charge is 0.272 e. The second kappa shape index (κ2) is 7.24. The number of carbonyl (C=O) groups excluding carboxylic acids is 1. The predicted octanol–water partition coefficient (Wildman–Crippen LogP) is 2.08. The molecule has 21 heavy (non-hydrogen) atoms. The van der Waals surface area contributed by atoms with Crippen molar-refractivity contribution in [3.63, 3.8) is 0 Å². The molecule has 1 fully saturated rings. The first-order valence-electron chi connectivity index (χ1n) is 7.48. The molecule has 1 amide bonds. The molecule has 4 nitrogen and oxygen atoms in total. The Morgan fingerprint density at radius 1 is 1.48 bits per heavy atom. The first-order valence-corrected chi connectivity index (χ1v) is 7.48. The van der Waals surface area contributed by atoms with Crippen molar-refractivity contribution >= 4 is 5.91 Å². The number of hydrogen-bond acceptors (Lipinski definition) is 3. The van der Waals surface area contributed by atoms with Crippen LogP contribution in [0.3, 0.4) is 0 Å². The molecule has 1 saturated carbocycles. The van der Waals surface area contributed by atoms with Gasteiger partial charge in [-0.15, -0.1) is 0 Å². The van der Waals surface area contributed by atoms with Crippen molar-refractivity contribution in [2.75, 3.05) is 13.2 Å². The highest BCUT2D eigenvalue weighted by Gasteiger charge is 2.29. The average Bonchev–Trinajstić information content (AvgIpc) is 3.29. The van der Waals surface area contributed by atoms with E-state index in [2.05, 4.69) is 16.8 Å². The minimum Gasteiger partial charge on any atom is -0.395 e. The van der Waals surface area contributed by atoms with Gasteiger partial charge in [-0.3, -0.25) is 4.79 Å². The second-order valence-corrected chi connectivity index (χ2v) is 5.70. The van der Waals surface area contributed by atoms with Crippen molar-refractivity contribution < 1.29 is 9.90 Å². The molecule has 0 atom stereocenters. The van der Waals surface area contributed by atoms with Crippen LogP contribution in [0, 0.1) is 17.8 Å². The maximum absolute atomic E-state index is 12.5. The Labute approximate surface area is 126 Å². The summed E-state index contributed by atoms with van der Waals surface area (Å²) in [4.78, 5) is 18.6. The third kappa shape index (κ3) is 4.57. The fourth-order valence-corrected chi connectivity index (χ4v) is 2.07. The zero-order chi connectivity index (χ0) is 15.2. The van der Waals surface area contributed by atoms with Gasteiger partial charge in [-0.05, 0) is 44.7 Å². The first kappa shape index (κ1) is 15.5. The van der Waals surface area contributed by atoms with Gasteiger partial charge in [0.15, 0.2) is 0 Å². The topological polar surface area (TPSA) is 53.4 Å². The van der Waals surface area contributed by atoms with Crippen LogP contribution in [0.4, 0.5) is 0 Å². The van der Waals surface area contributed by atoms with E-state index in [-0.39, 0.29) is 18.6 Å². The van der Waals surface area contributed by atoms with Gasteiger partial charge >= 0.3 is 0 Å². The fourth-order valence-electron chi connectivity index (χ4n) is 2.07. The molecule has 0 unspecified atom stereocenters. The van der Waals surface area contributed by atoms with E-state index >= 15 is 0 Å². The summed E-state index contributed by atoms with van der Waals surface area (Å²) in [5, 5.41) is 8.68. The molecule has 1 aliphatic rings. The predicted molar refractivity (Wildman–Crippen MR) is 81.7 cm³/mol. The van der Waals surface area contributed by atoms with E-state index in [9.17, 15) is 4.79 Å². The lowest BCUT2D eigenvalue weighted by Crippen LogP contribution is -2.38. The Kier molecular flexibility index (Phi) is 5.35. The van der Waals surface area contributed by atoms with E-state index in [0.717, 1.165) is 12.1 Å². The van der Waals surface area contributed by atoms with Crippen LogP contribution in [0.2, 0.25) is 0 Å². The van der Waals surface area contributed by atoms with Gasteiger partial charge in [0.2, 0.25) is 0 Å². The van der Waals surface area contributed by atoms with Crippen LogP contribution in [0.15, 0.2) is 18.3 Å². The summed E-state index contributed by atoms with van der Waals surface area (Å²) < 4.78 is 0. The highest BCUT2D eigenvalue weighted by atomic mass is 16.2. The van der Waals surface area contributed by atoms with Gasteiger partial charge in [0.05, 0.1) is 6.61 Å². The monoisotopic (exact) mass is 286 g/mol. The number of hydrogen-bond donors (Lipinski definition) is 1. The molecule has 0 spiro atoms. The molecule has 0 aromatic carbocycles. The highest BCUT2D eigenvalue weighted by molar-refractivity contribution is 5.92. The molecule has 112 valence electrons. The lowest BCUT2D eigenvalue weighted by Gasteiger charge is -2.26.